The van der Waals surface area contributed by atoms with Gasteiger partial charge in [0.05, 0.1) is 30.9 Å². The number of phenolic OH excluding ortho intramolecular Hbond substituents is 1. The lowest BCUT2D eigenvalue weighted by molar-refractivity contribution is -0.143. The number of esters is 1. The Labute approximate surface area is 215 Å². The minimum absolute atomic E-state index is 0.0230. The van der Waals surface area contributed by atoms with Gasteiger partial charge in [-0.1, -0.05) is 23.7 Å². The van der Waals surface area contributed by atoms with Crippen LogP contribution in [0.1, 0.15) is 56.6 Å². The molecule has 0 saturated heterocycles. The number of ketones is 1. The molecule has 190 valence electrons. The van der Waals surface area contributed by atoms with Crippen molar-refractivity contribution in [1.82, 2.24) is 5.32 Å². The largest absolute Gasteiger partial charge is 0.503 e. The van der Waals surface area contributed by atoms with Gasteiger partial charge < -0.3 is 24.6 Å². The molecule has 1 heterocycles. The number of carbonyl (C=O) groups is 2. The highest BCUT2D eigenvalue weighted by atomic mass is 35.5. The Morgan fingerprint density at radius 3 is 2.39 bits per heavy atom. The number of halogens is 1. The third kappa shape index (κ3) is 4.80. The number of hydrogen-bond acceptors (Lipinski definition) is 7. The number of rotatable bonds is 6. The van der Waals surface area contributed by atoms with Gasteiger partial charge in [-0.05, 0) is 68.5 Å². The Hall–Kier alpha value is -3.45. The van der Waals surface area contributed by atoms with Crippen molar-refractivity contribution in [3.05, 3.63) is 75.1 Å². The molecule has 0 bridgehead atoms. The molecule has 36 heavy (non-hydrogen) atoms. The van der Waals surface area contributed by atoms with Crippen molar-refractivity contribution in [2.75, 3.05) is 14.2 Å². The second-order valence-electron chi connectivity index (χ2n) is 9.30. The number of nitrogens with one attached hydrogen (secondary N) is 1. The van der Waals surface area contributed by atoms with E-state index in [0.29, 0.717) is 28.8 Å². The molecule has 0 amide bonds. The van der Waals surface area contributed by atoms with Crippen molar-refractivity contribution in [3.8, 4) is 17.2 Å². The van der Waals surface area contributed by atoms with Crippen LogP contribution in [0, 0.1) is 0 Å². The Bertz CT molecular complexity index is 1260. The molecule has 2 aromatic rings. The van der Waals surface area contributed by atoms with E-state index in [1.165, 1.54) is 7.11 Å². The highest BCUT2D eigenvalue weighted by Gasteiger charge is 2.42. The SMILES string of the molecule is COc1ccc(C2CC(=O)C3=C(C2)NC(C)=C(C(=O)OC(C)C)C3c2cc(Cl)c(O)c(OC)c2)cc1. The van der Waals surface area contributed by atoms with Crippen molar-refractivity contribution in [2.24, 2.45) is 0 Å². The van der Waals surface area contributed by atoms with E-state index in [1.807, 2.05) is 24.3 Å². The Morgan fingerprint density at radius 1 is 1.08 bits per heavy atom. The van der Waals surface area contributed by atoms with E-state index in [0.717, 1.165) is 17.0 Å². The van der Waals surface area contributed by atoms with Crippen LogP contribution < -0.4 is 14.8 Å². The van der Waals surface area contributed by atoms with Crippen LogP contribution in [-0.2, 0) is 14.3 Å². The molecule has 0 fully saturated rings. The molecule has 2 unspecified atom stereocenters. The smallest absolute Gasteiger partial charge is 0.337 e. The number of Topliss-reactive ketones (excluding diaryl/α,β-unsaturated/α-hetero) is 1. The second kappa shape index (κ2) is 10.3. The maximum Gasteiger partial charge on any atom is 0.337 e. The van der Waals surface area contributed by atoms with Crippen molar-refractivity contribution in [3.63, 3.8) is 0 Å². The number of ether oxygens (including phenoxy) is 3. The molecule has 1 aliphatic heterocycles. The molecule has 0 spiro atoms. The maximum atomic E-state index is 13.7. The van der Waals surface area contributed by atoms with Gasteiger partial charge in [-0.3, -0.25) is 4.79 Å². The first-order chi connectivity index (χ1) is 17.1. The third-order valence-corrected chi connectivity index (χ3v) is 6.87. The summed E-state index contributed by atoms with van der Waals surface area (Å²) in [7, 11) is 3.03. The number of aromatic hydroxyl groups is 1. The number of carbonyl (C=O) groups excluding carboxylic acids is 2. The van der Waals surface area contributed by atoms with Crippen molar-refractivity contribution in [1.29, 1.82) is 0 Å². The highest BCUT2D eigenvalue weighted by molar-refractivity contribution is 6.32. The molecule has 4 rings (SSSR count). The molecule has 0 radical (unpaired) electrons. The van der Waals surface area contributed by atoms with Crippen molar-refractivity contribution >= 4 is 23.4 Å². The average Bonchev–Trinajstić information content (AvgIpc) is 2.84. The van der Waals surface area contributed by atoms with E-state index in [2.05, 4.69) is 5.32 Å². The molecule has 0 saturated carbocycles. The minimum Gasteiger partial charge on any atom is -0.503 e. The van der Waals surface area contributed by atoms with E-state index in [4.69, 9.17) is 25.8 Å². The topological polar surface area (TPSA) is 94.1 Å². The second-order valence-corrected chi connectivity index (χ2v) is 9.71. The summed E-state index contributed by atoms with van der Waals surface area (Å²) in [6.45, 7) is 5.35. The zero-order chi connectivity index (χ0) is 26.1. The molecule has 1 aliphatic carbocycles. The maximum absolute atomic E-state index is 13.7. The summed E-state index contributed by atoms with van der Waals surface area (Å²) in [4.78, 5) is 27.0. The monoisotopic (exact) mass is 511 g/mol. The highest BCUT2D eigenvalue weighted by Crippen LogP contribution is 2.48. The van der Waals surface area contributed by atoms with Gasteiger partial charge in [0.1, 0.15) is 5.75 Å². The molecule has 2 atom stereocenters. The van der Waals surface area contributed by atoms with E-state index >= 15 is 0 Å². The summed E-state index contributed by atoms with van der Waals surface area (Å²) in [6, 6.07) is 10.9. The predicted molar refractivity (Wildman–Crippen MR) is 136 cm³/mol. The van der Waals surface area contributed by atoms with Gasteiger partial charge in [-0.25, -0.2) is 4.79 Å². The van der Waals surface area contributed by atoms with Crippen LogP contribution in [0.15, 0.2) is 58.9 Å². The fraction of sp³-hybridized carbons (Fsp3) is 0.357. The minimum atomic E-state index is -0.719. The molecule has 2 aromatic carbocycles. The van der Waals surface area contributed by atoms with Gasteiger partial charge in [0.25, 0.3) is 0 Å². The molecule has 2 aliphatic rings. The van der Waals surface area contributed by atoms with Crippen LogP contribution in [0.5, 0.6) is 17.2 Å². The first kappa shape index (κ1) is 25.6. The molecule has 0 aromatic heterocycles. The summed E-state index contributed by atoms with van der Waals surface area (Å²) in [5, 5.41) is 13.7. The number of phenols is 1. The van der Waals surface area contributed by atoms with Gasteiger partial charge >= 0.3 is 5.97 Å². The molecule has 2 N–H and O–H groups in total. The van der Waals surface area contributed by atoms with E-state index in [1.54, 1.807) is 40.0 Å². The Balaban J connectivity index is 1.83. The van der Waals surface area contributed by atoms with Gasteiger partial charge in [-0.15, -0.1) is 0 Å². The lowest BCUT2D eigenvalue weighted by Crippen LogP contribution is -2.36. The number of dihydropyridines is 1. The zero-order valence-corrected chi connectivity index (χ0v) is 21.7. The van der Waals surface area contributed by atoms with E-state index in [9.17, 15) is 14.7 Å². The van der Waals surface area contributed by atoms with Crippen LogP contribution in [0.3, 0.4) is 0 Å². The summed E-state index contributed by atoms with van der Waals surface area (Å²) in [5.74, 6) is -0.616. The van der Waals surface area contributed by atoms with Gasteiger partial charge in [-0.2, -0.15) is 0 Å². The van der Waals surface area contributed by atoms with Crippen molar-refractivity contribution < 1.29 is 28.9 Å². The van der Waals surface area contributed by atoms with Crippen LogP contribution >= 0.6 is 11.6 Å². The van der Waals surface area contributed by atoms with E-state index in [-0.39, 0.29) is 40.7 Å². The van der Waals surface area contributed by atoms with Crippen molar-refractivity contribution in [2.45, 2.75) is 51.6 Å². The standard InChI is InChI=1S/C28H30ClNO6/c1-14(2)36-28(33)24-15(3)30-21-11-17(16-6-8-19(34-4)9-7-16)12-22(31)26(21)25(24)18-10-20(29)27(32)23(13-18)35-5/h6-10,13-14,17,25,30,32H,11-12H2,1-5H3. The predicted octanol–water partition coefficient (Wildman–Crippen LogP) is 5.38. The van der Waals surface area contributed by atoms with Gasteiger partial charge in [0.15, 0.2) is 17.3 Å². The van der Waals surface area contributed by atoms with Gasteiger partial charge in [0, 0.05) is 29.3 Å². The average molecular weight is 512 g/mol. The first-order valence-corrected chi connectivity index (χ1v) is 12.2. The van der Waals surface area contributed by atoms with Crippen LogP contribution in [-0.4, -0.2) is 37.2 Å². The fourth-order valence-corrected chi connectivity index (χ4v) is 5.17. The molecule has 7 nitrogen and oxygen atoms in total. The van der Waals surface area contributed by atoms with Crippen LogP contribution in [0.4, 0.5) is 0 Å². The summed E-state index contributed by atoms with van der Waals surface area (Å²) in [5.41, 5.74) is 3.81. The van der Waals surface area contributed by atoms with Crippen LogP contribution in [0.25, 0.3) is 0 Å². The molecule has 8 heteroatoms. The third-order valence-electron chi connectivity index (χ3n) is 6.58. The lowest BCUT2D eigenvalue weighted by atomic mass is 9.71. The Kier molecular flexibility index (Phi) is 7.31. The number of benzene rings is 2. The summed E-state index contributed by atoms with van der Waals surface area (Å²) in [6.07, 6.45) is 0.544. The number of allylic oxidation sites excluding steroid dienone is 3. The zero-order valence-electron chi connectivity index (χ0n) is 21.0. The number of hydrogen-bond donors (Lipinski definition) is 2. The molecular formula is C28H30ClNO6. The number of methoxy groups -OCH3 is 2. The van der Waals surface area contributed by atoms with Crippen LogP contribution in [0.2, 0.25) is 5.02 Å². The van der Waals surface area contributed by atoms with E-state index < -0.39 is 11.9 Å². The fourth-order valence-electron chi connectivity index (χ4n) is 4.95. The first-order valence-electron chi connectivity index (χ1n) is 11.8. The quantitative estimate of drug-likeness (QED) is 0.503. The summed E-state index contributed by atoms with van der Waals surface area (Å²) < 4.78 is 16.1. The summed E-state index contributed by atoms with van der Waals surface area (Å²) >= 11 is 6.32. The molecular weight excluding hydrogens is 482 g/mol. The Morgan fingerprint density at radius 2 is 1.78 bits per heavy atom. The normalized spacial score (nSPS) is 19.7. The lowest BCUT2D eigenvalue weighted by Gasteiger charge is -2.37. The van der Waals surface area contributed by atoms with Gasteiger partial charge in [0.2, 0.25) is 0 Å².